The summed E-state index contributed by atoms with van der Waals surface area (Å²) in [6.45, 7) is 6.94. The Balaban J connectivity index is 1.65. The Hall–Kier alpha value is -2.57. The summed E-state index contributed by atoms with van der Waals surface area (Å²) in [6, 6.07) is 8.03. The predicted octanol–water partition coefficient (Wildman–Crippen LogP) is 1.39. The summed E-state index contributed by atoms with van der Waals surface area (Å²) in [7, 11) is 1.76. The lowest BCUT2D eigenvalue weighted by molar-refractivity contribution is 0.321. The first kappa shape index (κ1) is 17.8. The van der Waals surface area contributed by atoms with Crippen LogP contribution in [-0.4, -0.2) is 47.5 Å². The molecule has 24 heavy (non-hydrogen) atoms. The van der Waals surface area contributed by atoms with Crippen molar-refractivity contribution in [1.82, 2.24) is 25.4 Å². The zero-order valence-electron chi connectivity index (χ0n) is 14.6. The number of hydrogen-bond acceptors (Lipinski definition) is 4. The predicted molar refractivity (Wildman–Crippen MR) is 95.4 cm³/mol. The Morgan fingerprint density at radius 2 is 2.12 bits per heavy atom. The number of rotatable bonds is 8. The second kappa shape index (κ2) is 9.54. The van der Waals surface area contributed by atoms with Gasteiger partial charge in [0.1, 0.15) is 24.5 Å². The van der Waals surface area contributed by atoms with E-state index in [4.69, 9.17) is 4.74 Å². The normalized spacial score (nSPS) is 11.4. The van der Waals surface area contributed by atoms with Gasteiger partial charge in [-0.2, -0.15) is 0 Å². The molecule has 0 saturated carbocycles. The number of nitrogens with one attached hydrogen (secondary N) is 2. The van der Waals surface area contributed by atoms with E-state index in [2.05, 4.69) is 45.7 Å². The summed E-state index contributed by atoms with van der Waals surface area (Å²) in [5.74, 6) is 2.64. The summed E-state index contributed by atoms with van der Waals surface area (Å²) in [4.78, 5) is 4.21. The van der Waals surface area contributed by atoms with Gasteiger partial charge >= 0.3 is 0 Å². The lowest BCUT2D eigenvalue weighted by Crippen LogP contribution is -2.40. The molecule has 1 aromatic heterocycles. The first-order valence-corrected chi connectivity index (χ1v) is 8.23. The van der Waals surface area contributed by atoms with Gasteiger partial charge in [0, 0.05) is 26.6 Å². The van der Waals surface area contributed by atoms with Crippen LogP contribution in [0.1, 0.15) is 18.3 Å². The van der Waals surface area contributed by atoms with Crippen molar-refractivity contribution >= 4 is 5.96 Å². The standard InChI is InChI=1S/C17H26N6O/c1-4-16-22-21-13-23(16)10-8-19-17(18-3)20-9-11-24-15-7-5-6-14(2)12-15/h5-7,12-13H,4,8-11H2,1-3H3,(H2,18,19,20). The number of nitrogens with zero attached hydrogens (tertiary/aromatic N) is 4. The Morgan fingerprint density at radius 3 is 2.88 bits per heavy atom. The highest BCUT2D eigenvalue weighted by Gasteiger charge is 2.02. The van der Waals surface area contributed by atoms with E-state index in [1.165, 1.54) is 5.56 Å². The number of benzene rings is 1. The van der Waals surface area contributed by atoms with Crippen molar-refractivity contribution in [1.29, 1.82) is 0 Å². The first-order chi connectivity index (χ1) is 11.7. The maximum absolute atomic E-state index is 5.71. The number of ether oxygens (including phenoxy) is 1. The minimum Gasteiger partial charge on any atom is -0.492 e. The van der Waals surface area contributed by atoms with Gasteiger partial charge in [0.05, 0.1) is 6.54 Å². The Bertz CT molecular complexity index is 652. The van der Waals surface area contributed by atoms with Crippen LogP contribution in [0.2, 0.25) is 0 Å². The van der Waals surface area contributed by atoms with Gasteiger partial charge in [0.2, 0.25) is 0 Å². The molecule has 0 fully saturated rings. The van der Waals surface area contributed by atoms with Crippen LogP contribution in [0.3, 0.4) is 0 Å². The second-order valence-corrected chi connectivity index (χ2v) is 5.38. The molecule has 7 nitrogen and oxygen atoms in total. The molecule has 1 heterocycles. The lowest BCUT2D eigenvalue weighted by atomic mass is 10.2. The number of hydrogen-bond donors (Lipinski definition) is 2. The highest BCUT2D eigenvalue weighted by atomic mass is 16.5. The second-order valence-electron chi connectivity index (χ2n) is 5.38. The van der Waals surface area contributed by atoms with Gasteiger partial charge in [-0.15, -0.1) is 10.2 Å². The Morgan fingerprint density at radius 1 is 1.29 bits per heavy atom. The molecule has 2 rings (SSSR count). The fourth-order valence-electron chi connectivity index (χ4n) is 2.30. The number of aryl methyl sites for hydroxylation is 2. The fourth-order valence-corrected chi connectivity index (χ4v) is 2.30. The van der Waals surface area contributed by atoms with Crippen LogP contribution in [0.4, 0.5) is 0 Å². The summed E-state index contributed by atoms with van der Waals surface area (Å²) in [5, 5.41) is 14.5. The molecule has 7 heteroatoms. The van der Waals surface area contributed by atoms with Gasteiger partial charge in [-0.3, -0.25) is 4.99 Å². The van der Waals surface area contributed by atoms with Crippen LogP contribution in [-0.2, 0) is 13.0 Å². The number of aromatic nitrogens is 3. The first-order valence-electron chi connectivity index (χ1n) is 8.23. The molecule has 0 amide bonds. The largest absolute Gasteiger partial charge is 0.492 e. The number of guanidine groups is 1. The molecule has 0 radical (unpaired) electrons. The van der Waals surface area contributed by atoms with E-state index in [1.807, 2.05) is 22.8 Å². The molecular weight excluding hydrogens is 304 g/mol. The van der Waals surface area contributed by atoms with Crippen LogP contribution >= 0.6 is 0 Å². The summed E-state index contributed by atoms with van der Waals surface area (Å²) < 4.78 is 7.75. The van der Waals surface area contributed by atoms with Crippen molar-refractivity contribution in [3.05, 3.63) is 42.0 Å². The minimum absolute atomic E-state index is 0.579. The van der Waals surface area contributed by atoms with Crippen molar-refractivity contribution in [3.8, 4) is 5.75 Å². The molecule has 0 atom stereocenters. The molecule has 0 aliphatic heterocycles. The van der Waals surface area contributed by atoms with Crippen LogP contribution in [0.15, 0.2) is 35.6 Å². The van der Waals surface area contributed by atoms with Gasteiger partial charge in [-0.1, -0.05) is 19.1 Å². The SMILES string of the molecule is CCc1nncn1CCNC(=NC)NCCOc1cccc(C)c1. The number of aliphatic imine (C=N–C) groups is 1. The zero-order chi connectivity index (χ0) is 17.2. The maximum atomic E-state index is 5.71. The van der Waals surface area contributed by atoms with Crippen LogP contribution in [0.5, 0.6) is 5.75 Å². The van der Waals surface area contributed by atoms with Crippen molar-refractivity contribution in [2.45, 2.75) is 26.8 Å². The molecule has 0 unspecified atom stereocenters. The molecule has 0 aliphatic rings. The monoisotopic (exact) mass is 330 g/mol. The molecule has 1 aromatic carbocycles. The molecule has 2 aromatic rings. The summed E-state index contributed by atoms with van der Waals surface area (Å²) >= 11 is 0. The van der Waals surface area contributed by atoms with Gasteiger partial charge in [0.25, 0.3) is 0 Å². The molecule has 2 N–H and O–H groups in total. The average Bonchev–Trinajstić information content (AvgIpc) is 3.04. The molecule has 0 saturated heterocycles. The van der Waals surface area contributed by atoms with Crippen LogP contribution in [0.25, 0.3) is 0 Å². The van der Waals surface area contributed by atoms with E-state index in [-0.39, 0.29) is 0 Å². The Kier molecular flexibility index (Phi) is 7.07. The van der Waals surface area contributed by atoms with E-state index >= 15 is 0 Å². The van der Waals surface area contributed by atoms with Gasteiger partial charge in [-0.25, -0.2) is 0 Å². The van der Waals surface area contributed by atoms with E-state index in [9.17, 15) is 0 Å². The smallest absolute Gasteiger partial charge is 0.191 e. The fraction of sp³-hybridized carbons (Fsp3) is 0.471. The van der Waals surface area contributed by atoms with Crippen molar-refractivity contribution in [2.24, 2.45) is 4.99 Å². The van der Waals surface area contributed by atoms with Crippen LogP contribution in [0, 0.1) is 6.92 Å². The van der Waals surface area contributed by atoms with Gasteiger partial charge in [-0.05, 0) is 24.6 Å². The molecule has 0 spiro atoms. The quantitative estimate of drug-likeness (QED) is 0.435. The van der Waals surface area contributed by atoms with Gasteiger partial charge in [0.15, 0.2) is 5.96 Å². The van der Waals surface area contributed by atoms with E-state index < -0.39 is 0 Å². The highest BCUT2D eigenvalue weighted by Crippen LogP contribution is 2.11. The van der Waals surface area contributed by atoms with Crippen molar-refractivity contribution in [3.63, 3.8) is 0 Å². The third-order valence-corrected chi connectivity index (χ3v) is 3.53. The molecular formula is C17H26N6O. The third kappa shape index (κ3) is 5.57. The summed E-state index contributed by atoms with van der Waals surface area (Å²) in [5.41, 5.74) is 1.19. The van der Waals surface area contributed by atoms with Crippen molar-refractivity contribution < 1.29 is 4.74 Å². The van der Waals surface area contributed by atoms with Gasteiger partial charge < -0.3 is 19.9 Å². The van der Waals surface area contributed by atoms with Crippen LogP contribution < -0.4 is 15.4 Å². The van der Waals surface area contributed by atoms with Crippen molar-refractivity contribution in [2.75, 3.05) is 26.7 Å². The molecule has 130 valence electrons. The topological polar surface area (TPSA) is 76.4 Å². The lowest BCUT2D eigenvalue weighted by Gasteiger charge is -2.13. The molecule has 0 aliphatic carbocycles. The minimum atomic E-state index is 0.579. The summed E-state index contributed by atoms with van der Waals surface area (Å²) in [6.07, 6.45) is 2.63. The zero-order valence-corrected chi connectivity index (χ0v) is 14.6. The van der Waals surface area contributed by atoms with E-state index in [0.29, 0.717) is 13.2 Å². The van der Waals surface area contributed by atoms with E-state index in [0.717, 1.165) is 37.0 Å². The van der Waals surface area contributed by atoms with E-state index in [1.54, 1.807) is 13.4 Å². The average molecular weight is 330 g/mol. The highest BCUT2D eigenvalue weighted by molar-refractivity contribution is 5.79. The maximum Gasteiger partial charge on any atom is 0.191 e. The third-order valence-electron chi connectivity index (χ3n) is 3.53. The Labute approximate surface area is 143 Å². The molecule has 0 bridgehead atoms.